The lowest BCUT2D eigenvalue weighted by molar-refractivity contribution is 0.0858. The Morgan fingerprint density at radius 3 is 2.60 bits per heavy atom. The Balaban J connectivity index is 3.28. The number of ether oxygens (including phenoxy) is 1. The van der Waals surface area contributed by atoms with Gasteiger partial charge in [0.25, 0.3) is 0 Å². The van der Waals surface area contributed by atoms with Gasteiger partial charge in [0.05, 0.1) is 13.7 Å². The van der Waals surface area contributed by atoms with E-state index in [1.807, 2.05) is 0 Å². The summed E-state index contributed by atoms with van der Waals surface area (Å²) in [4.78, 5) is 0. The fourth-order valence-electron chi connectivity index (χ4n) is 1.19. The molecular formula is C10H12BrFO3. The van der Waals surface area contributed by atoms with Gasteiger partial charge in [-0.15, -0.1) is 0 Å². The Morgan fingerprint density at radius 2 is 2.13 bits per heavy atom. The van der Waals surface area contributed by atoms with Crippen molar-refractivity contribution in [3.05, 3.63) is 22.2 Å². The lowest BCUT2D eigenvalue weighted by Gasteiger charge is -2.20. The lowest BCUT2D eigenvalue weighted by Crippen LogP contribution is -2.20. The first-order chi connectivity index (χ1) is 6.92. The number of halogens is 2. The second kappa shape index (κ2) is 4.37. The molecule has 3 nitrogen and oxygen atoms in total. The van der Waals surface area contributed by atoms with Gasteiger partial charge in [-0.05, 0) is 19.1 Å². The van der Waals surface area contributed by atoms with Crippen LogP contribution >= 0.6 is 15.9 Å². The van der Waals surface area contributed by atoms with E-state index in [2.05, 4.69) is 15.9 Å². The van der Waals surface area contributed by atoms with Crippen LogP contribution in [0.15, 0.2) is 16.6 Å². The molecule has 0 aliphatic carbocycles. The van der Waals surface area contributed by atoms with Crippen molar-refractivity contribution in [2.75, 3.05) is 13.7 Å². The summed E-state index contributed by atoms with van der Waals surface area (Å²) in [5.74, 6) is 0.0902. The molecule has 0 saturated carbocycles. The van der Waals surface area contributed by atoms with Gasteiger partial charge in [0.2, 0.25) is 0 Å². The molecule has 2 N–H and O–H groups in total. The van der Waals surface area contributed by atoms with Crippen molar-refractivity contribution in [3.63, 3.8) is 0 Å². The highest BCUT2D eigenvalue weighted by Crippen LogP contribution is 2.38. The molecule has 1 atom stereocenters. The molecular weight excluding hydrogens is 267 g/mol. The largest absolute Gasteiger partial charge is 0.504 e. The number of aliphatic hydroxyl groups is 1. The van der Waals surface area contributed by atoms with Crippen LogP contribution in [0.3, 0.4) is 0 Å². The summed E-state index contributed by atoms with van der Waals surface area (Å²) in [5.41, 5.74) is -1.72. The fraction of sp³-hybridized carbons (Fsp3) is 0.400. The zero-order valence-corrected chi connectivity index (χ0v) is 10.0. The summed E-state index contributed by atoms with van der Waals surface area (Å²) in [6.07, 6.45) is 0. The van der Waals surface area contributed by atoms with Crippen LogP contribution in [0.4, 0.5) is 4.39 Å². The Morgan fingerprint density at radius 1 is 1.53 bits per heavy atom. The highest BCUT2D eigenvalue weighted by molar-refractivity contribution is 9.10. The average molecular weight is 279 g/mol. The van der Waals surface area contributed by atoms with Crippen LogP contribution in [0.2, 0.25) is 0 Å². The van der Waals surface area contributed by atoms with E-state index in [0.717, 1.165) is 0 Å². The van der Waals surface area contributed by atoms with Gasteiger partial charge in [-0.3, -0.25) is 0 Å². The number of phenols is 1. The van der Waals surface area contributed by atoms with Gasteiger partial charge in [-0.2, -0.15) is 0 Å². The van der Waals surface area contributed by atoms with Gasteiger partial charge in [0.1, 0.15) is 0 Å². The molecule has 5 heteroatoms. The third kappa shape index (κ3) is 2.41. The maximum absolute atomic E-state index is 13.8. The minimum absolute atomic E-state index is 0.159. The van der Waals surface area contributed by atoms with Crippen molar-refractivity contribution in [2.45, 2.75) is 12.6 Å². The van der Waals surface area contributed by atoms with Crippen LogP contribution < -0.4 is 4.74 Å². The molecule has 0 bridgehead atoms. The smallest absolute Gasteiger partial charge is 0.161 e. The molecule has 15 heavy (non-hydrogen) atoms. The second-order valence-electron chi connectivity index (χ2n) is 3.36. The lowest BCUT2D eigenvalue weighted by atomic mass is 9.98. The van der Waals surface area contributed by atoms with E-state index in [4.69, 9.17) is 9.84 Å². The first kappa shape index (κ1) is 12.3. The van der Waals surface area contributed by atoms with Crippen molar-refractivity contribution < 1.29 is 19.3 Å². The quantitative estimate of drug-likeness (QED) is 0.892. The minimum atomic E-state index is -1.90. The van der Waals surface area contributed by atoms with Crippen molar-refractivity contribution in [1.82, 2.24) is 0 Å². The molecule has 0 spiro atoms. The van der Waals surface area contributed by atoms with Gasteiger partial charge in [0, 0.05) is 10.0 Å². The predicted molar refractivity (Wildman–Crippen MR) is 57.9 cm³/mol. The standard InChI is InChI=1S/C10H12BrFO3/c1-10(12,5-13)6-3-8(14)9(15-2)4-7(6)11/h3-4,13-14H,5H2,1-2H3. The molecule has 0 fully saturated rings. The number of phenolic OH excluding ortho intramolecular Hbond substituents is 1. The topological polar surface area (TPSA) is 49.7 Å². The molecule has 1 aromatic carbocycles. The van der Waals surface area contributed by atoms with Crippen LogP contribution in [0.5, 0.6) is 11.5 Å². The molecule has 1 aromatic rings. The molecule has 0 amide bonds. The minimum Gasteiger partial charge on any atom is -0.504 e. The van der Waals surface area contributed by atoms with Crippen LogP contribution in [0, 0.1) is 0 Å². The monoisotopic (exact) mass is 278 g/mol. The summed E-state index contributed by atoms with van der Waals surface area (Å²) in [6, 6.07) is 2.69. The third-order valence-corrected chi connectivity index (χ3v) is 2.78. The molecule has 0 radical (unpaired) electrons. The van der Waals surface area contributed by atoms with Crippen LogP contribution in [0.1, 0.15) is 12.5 Å². The van der Waals surface area contributed by atoms with E-state index in [-0.39, 0.29) is 17.1 Å². The van der Waals surface area contributed by atoms with Gasteiger partial charge in [-0.25, -0.2) is 4.39 Å². The van der Waals surface area contributed by atoms with E-state index in [0.29, 0.717) is 4.47 Å². The van der Waals surface area contributed by atoms with Crippen LogP contribution in [0.25, 0.3) is 0 Å². The number of benzene rings is 1. The summed E-state index contributed by atoms with van der Waals surface area (Å²) >= 11 is 3.16. The summed E-state index contributed by atoms with van der Waals surface area (Å²) in [6.45, 7) is 0.580. The summed E-state index contributed by atoms with van der Waals surface area (Å²) in [5, 5.41) is 18.4. The number of alkyl halides is 1. The third-order valence-electron chi connectivity index (χ3n) is 2.13. The Kier molecular flexibility index (Phi) is 3.57. The number of rotatable bonds is 3. The number of aromatic hydroxyl groups is 1. The first-order valence-corrected chi connectivity index (χ1v) is 5.08. The molecule has 0 aliphatic rings. The number of aliphatic hydroxyl groups excluding tert-OH is 1. The van der Waals surface area contributed by atoms with Crippen LogP contribution in [-0.4, -0.2) is 23.9 Å². The van der Waals surface area contributed by atoms with E-state index in [9.17, 15) is 9.50 Å². The van der Waals surface area contributed by atoms with E-state index in [1.165, 1.54) is 26.2 Å². The zero-order chi connectivity index (χ0) is 11.6. The van der Waals surface area contributed by atoms with Gasteiger partial charge in [0.15, 0.2) is 17.2 Å². The summed E-state index contributed by atoms with van der Waals surface area (Å²) < 4.78 is 19.1. The molecule has 0 heterocycles. The van der Waals surface area contributed by atoms with Crippen molar-refractivity contribution in [2.24, 2.45) is 0 Å². The van der Waals surface area contributed by atoms with Crippen molar-refractivity contribution in [3.8, 4) is 11.5 Å². The molecule has 0 aliphatic heterocycles. The molecule has 1 rings (SSSR count). The maximum atomic E-state index is 13.8. The molecule has 84 valence electrons. The van der Waals surface area contributed by atoms with Gasteiger partial charge >= 0.3 is 0 Å². The van der Waals surface area contributed by atoms with Crippen LogP contribution in [-0.2, 0) is 5.67 Å². The second-order valence-corrected chi connectivity index (χ2v) is 4.21. The van der Waals surface area contributed by atoms with Gasteiger partial charge < -0.3 is 14.9 Å². The SMILES string of the molecule is COc1cc(Br)c(C(C)(F)CO)cc1O. The van der Waals surface area contributed by atoms with Crippen molar-refractivity contribution >= 4 is 15.9 Å². The fourth-order valence-corrected chi connectivity index (χ4v) is 1.93. The highest BCUT2D eigenvalue weighted by atomic mass is 79.9. The molecule has 0 aromatic heterocycles. The first-order valence-electron chi connectivity index (χ1n) is 4.29. The normalized spacial score (nSPS) is 14.7. The van der Waals surface area contributed by atoms with E-state index in [1.54, 1.807) is 0 Å². The van der Waals surface area contributed by atoms with Gasteiger partial charge in [-0.1, -0.05) is 15.9 Å². The predicted octanol–water partition coefficient (Wildman–Crippen LogP) is 2.34. The Bertz CT molecular complexity index is 366. The Hall–Kier alpha value is -0.810. The summed E-state index contributed by atoms with van der Waals surface area (Å²) in [7, 11) is 1.40. The maximum Gasteiger partial charge on any atom is 0.161 e. The number of methoxy groups -OCH3 is 1. The average Bonchev–Trinajstić information content (AvgIpc) is 2.20. The molecule has 0 saturated heterocycles. The van der Waals surface area contributed by atoms with E-state index >= 15 is 0 Å². The highest BCUT2D eigenvalue weighted by Gasteiger charge is 2.28. The van der Waals surface area contributed by atoms with Crippen molar-refractivity contribution in [1.29, 1.82) is 0 Å². The van der Waals surface area contributed by atoms with E-state index < -0.39 is 12.3 Å². The molecule has 1 unspecified atom stereocenters. The number of hydrogen-bond donors (Lipinski definition) is 2. The Labute approximate surface area is 95.6 Å². The zero-order valence-electron chi connectivity index (χ0n) is 8.42. The number of hydrogen-bond acceptors (Lipinski definition) is 3.